The van der Waals surface area contributed by atoms with E-state index in [1.165, 1.54) is 11.3 Å². The fraction of sp³-hybridized carbons (Fsp3) is 0.261. The van der Waals surface area contributed by atoms with E-state index >= 15 is 0 Å². The molecule has 2 N–H and O–H groups in total. The highest BCUT2D eigenvalue weighted by Gasteiger charge is 2.23. The molecule has 7 nitrogen and oxygen atoms in total. The minimum absolute atomic E-state index is 0.0317. The molecule has 30 heavy (non-hydrogen) atoms. The van der Waals surface area contributed by atoms with Gasteiger partial charge in [0.1, 0.15) is 18.0 Å². The monoisotopic (exact) mass is 400 g/mol. The second-order valence-corrected chi connectivity index (χ2v) is 7.64. The number of urea groups is 1. The van der Waals surface area contributed by atoms with Gasteiger partial charge in [-0.2, -0.15) is 0 Å². The van der Waals surface area contributed by atoms with Gasteiger partial charge in [-0.3, -0.25) is 4.90 Å². The third-order valence-electron chi connectivity index (χ3n) is 5.72. The fourth-order valence-corrected chi connectivity index (χ4v) is 4.13. The maximum atomic E-state index is 12.0. The molecule has 3 aromatic rings. The van der Waals surface area contributed by atoms with Crippen molar-refractivity contribution in [1.29, 1.82) is 0 Å². The smallest absolute Gasteiger partial charge is 0.321 e. The molecule has 2 amide bonds. The lowest BCUT2D eigenvalue weighted by atomic mass is 10.1. The molecule has 2 aromatic carbocycles. The highest BCUT2D eigenvalue weighted by atomic mass is 16.2. The van der Waals surface area contributed by atoms with Crippen LogP contribution in [0, 0.1) is 0 Å². The number of hydrogen-bond acceptors (Lipinski definition) is 5. The van der Waals surface area contributed by atoms with E-state index in [-0.39, 0.29) is 12.1 Å². The van der Waals surface area contributed by atoms with E-state index in [1.807, 2.05) is 18.2 Å². The van der Waals surface area contributed by atoms with Crippen molar-refractivity contribution in [3.05, 3.63) is 72.1 Å². The van der Waals surface area contributed by atoms with Gasteiger partial charge in [0.15, 0.2) is 0 Å². The van der Waals surface area contributed by atoms with Crippen LogP contribution in [0.2, 0.25) is 0 Å². The number of nitrogens with zero attached hydrogens (tertiary/aromatic N) is 4. The molecule has 7 heteroatoms. The summed E-state index contributed by atoms with van der Waals surface area (Å²) < 4.78 is 0. The number of fused-ring (bicyclic) bond motifs is 1. The van der Waals surface area contributed by atoms with Gasteiger partial charge >= 0.3 is 6.03 Å². The molecule has 1 atom stereocenters. The minimum atomic E-state index is -0.0425. The summed E-state index contributed by atoms with van der Waals surface area (Å²) >= 11 is 0. The molecular formula is C23H24N6O. The average Bonchev–Trinajstić information content (AvgIpc) is 3.40. The zero-order valence-electron chi connectivity index (χ0n) is 16.9. The van der Waals surface area contributed by atoms with E-state index in [0.29, 0.717) is 13.1 Å². The normalized spacial score (nSPS) is 16.4. The lowest BCUT2D eigenvalue weighted by Crippen LogP contribution is -2.27. The van der Waals surface area contributed by atoms with Crippen LogP contribution in [0.15, 0.2) is 60.9 Å². The predicted octanol–water partition coefficient (Wildman–Crippen LogP) is 3.87. The summed E-state index contributed by atoms with van der Waals surface area (Å²) in [5.41, 5.74) is 4.57. The Balaban J connectivity index is 1.34. The molecule has 2 aliphatic heterocycles. The second kappa shape index (κ2) is 7.67. The Labute approximate surface area is 175 Å². The number of amides is 2. The van der Waals surface area contributed by atoms with Crippen molar-refractivity contribution >= 4 is 29.0 Å². The summed E-state index contributed by atoms with van der Waals surface area (Å²) in [7, 11) is 0. The molecule has 0 radical (unpaired) electrons. The van der Waals surface area contributed by atoms with Gasteiger partial charge in [-0.05, 0) is 42.7 Å². The van der Waals surface area contributed by atoms with Crippen molar-refractivity contribution in [2.45, 2.75) is 19.4 Å². The van der Waals surface area contributed by atoms with Gasteiger partial charge in [0.05, 0.1) is 6.04 Å². The standard InChI is InChI=1S/C23H24N6O/c1-16(18-6-4-7-19(13-18)28-12-10-24-23(28)30)27-21-14-22(26-15-25-21)29-11-9-17-5-2-3-8-20(17)29/h2-8,13-16H,9-12H2,1H3,(H,24,30)(H,25,26,27). The molecule has 3 heterocycles. The molecule has 152 valence electrons. The molecule has 0 bridgehead atoms. The van der Waals surface area contributed by atoms with E-state index in [1.54, 1.807) is 11.2 Å². The number of hydrogen-bond donors (Lipinski definition) is 2. The molecule has 0 saturated carbocycles. The number of aromatic nitrogens is 2. The van der Waals surface area contributed by atoms with Crippen LogP contribution in [0.3, 0.4) is 0 Å². The van der Waals surface area contributed by atoms with Crippen molar-refractivity contribution in [1.82, 2.24) is 15.3 Å². The highest BCUT2D eigenvalue weighted by Crippen LogP contribution is 2.34. The van der Waals surface area contributed by atoms with E-state index in [9.17, 15) is 4.79 Å². The quantitative estimate of drug-likeness (QED) is 0.680. The Kier molecular flexibility index (Phi) is 4.71. The zero-order chi connectivity index (χ0) is 20.5. The van der Waals surface area contributed by atoms with E-state index in [4.69, 9.17) is 0 Å². The third-order valence-corrected chi connectivity index (χ3v) is 5.72. The minimum Gasteiger partial charge on any atom is -0.363 e. The van der Waals surface area contributed by atoms with Gasteiger partial charge in [-0.1, -0.05) is 30.3 Å². The maximum absolute atomic E-state index is 12.0. The van der Waals surface area contributed by atoms with Gasteiger partial charge < -0.3 is 15.5 Å². The molecule has 1 aromatic heterocycles. The van der Waals surface area contributed by atoms with E-state index < -0.39 is 0 Å². The molecule has 0 spiro atoms. The van der Waals surface area contributed by atoms with Gasteiger partial charge in [-0.25, -0.2) is 14.8 Å². The third kappa shape index (κ3) is 3.43. The van der Waals surface area contributed by atoms with Crippen LogP contribution in [0.1, 0.15) is 24.1 Å². The van der Waals surface area contributed by atoms with Gasteiger partial charge in [0.25, 0.3) is 0 Å². The second-order valence-electron chi connectivity index (χ2n) is 7.64. The Bertz CT molecular complexity index is 1080. The van der Waals surface area contributed by atoms with Crippen molar-refractivity contribution in [3.8, 4) is 0 Å². The Hall–Kier alpha value is -3.61. The summed E-state index contributed by atoms with van der Waals surface area (Å²) in [6.45, 7) is 4.39. The lowest BCUT2D eigenvalue weighted by molar-refractivity contribution is 0.252. The van der Waals surface area contributed by atoms with Crippen LogP contribution in [-0.2, 0) is 6.42 Å². The van der Waals surface area contributed by atoms with Crippen molar-refractivity contribution in [3.63, 3.8) is 0 Å². The summed E-state index contributed by atoms with van der Waals surface area (Å²) in [6.07, 6.45) is 2.63. The maximum Gasteiger partial charge on any atom is 0.321 e. The van der Waals surface area contributed by atoms with Crippen LogP contribution in [0.4, 0.5) is 27.8 Å². The topological polar surface area (TPSA) is 73.4 Å². The van der Waals surface area contributed by atoms with E-state index in [0.717, 1.165) is 35.9 Å². The van der Waals surface area contributed by atoms with Crippen LogP contribution in [0.25, 0.3) is 0 Å². The number of benzene rings is 2. The summed E-state index contributed by atoms with van der Waals surface area (Å²) in [4.78, 5) is 24.9. The number of carbonyl (C=O) groups is 1. The fourth-order valence-electron chi connectivity index (χ4n) is 4.13. The SMILES string of the molecule is CC(Nc1cc(N2CCc3ccccc32)ncn1)c1cccc(N2CCNC2=O)c1. The van der Waals surface area contributed by atoms with Crippen molar-refractivity contribution in [2.75, 3.05) is 34.8 Å². The zero-order valence-corrected chi connectivity index (χ0v) is 16.9. The first-order valence-corrected chi connectivity index (χ1v) is 10.3. The number of nitrogens with one attached hydrogen (secondary N) is 2. The Morgan fingerprint density at radius 2 is 1.93 bits per heavy atom. The molecule has 0 aliphatic carbocycles. The van der Waals surface area contributed by atoms with Gasteiger partial charge in [0, 0.05) is 37.1 Å². The number of carbonyl (C=O) groups excluding carboxylic acids is 1. The van der Waals surface area contributed by atoms with Crippen LogP contribution in [-0.4, -0.2) is 35.6 Å². The largest absolute Gasteiger partial charge is 0.363 e. The first-order valence-electron chi connectivity index (χ1n) is 10.3. The van der Waals surface area contributed by atoms with Crippen LogP contribution in [0.5, 0.6) is 0 Å². The number of anilines is 4. The van der Waals surface area contributed by atoms with Gasteiger partial charge in [0.2, 0.25) is 0 Å². The average molecular weight is 400 g/mol. The summed E-state index contributed by atoms with van der Waals surface area (Å²) in [5.74, 6) is 1.67. The summed E-state index contributed by atoms with van der Waals surface area (Å²) in [6, 6.07) is 18.5. The first-order chi connectivity index (χ1) is 14.7. The lowest BCUT2D eigenvalue weighted by Gasteiger charge is -2.21. The predicted molar refractivity (Wildman–Crippen MR) is 118 cm³/mol. The molecule has 1 unspecified atom stereocenters. The van der Waals surface area contributed by atoms with Gasteiger partial charge in [-0.15, -0.1) is 0 Å². The highest BCUT2D eigenvalue weighted by molar-refractivity contribution is 5.94. The summed E-state index contributed by atoms with van der Waals surface area (Å²) in [5, 5.41) is 6.32. The van der Waals surface area contributed by atoms with E-state index in [2.05, 4.69) is 68.8 Å². The van der Waals surface area contributed by atoms with Crippen molar-refractivity contribution in [2.24, 2.45) is 0 Å². The number of para-hydroxylation sites is 1. The number of rotatable bonds is 5. The molecule has 1 fully saturated rings. The molecule has 5 rings (SSSR count). The molecule has 1 saturated heterocycles. The Morgan fingerprint density at radius 3 is 2.80 bits per heavy atom. The van der Waals surface area contributed by atoms with Crippen molar-refractivity contribution < 1.29 is 4.79 Å². The van der Waals surface area contributed by atoms with Crippen LogP contribution >= 0.6 is 0 Å². The molecule has 2 aliphatic rings. The van der Waals surface area contributed by atoms with Crippen LogP contribution < -0.4 is 20.4 Å². The Morgan fingerprint density at radius 1 is 1.03 bits per heavy atom. The first kappa shape index (κ1) is 18.4. The molecular weight excluding hydrogens is 376 g/mol.